The summed E-state index contributed by atoms with van der Waals surface area (Å²) in [6, 6.07) is 12.8. The summed E-state index contributed by atoms with van der Waals surface area (Å²) in [5.41, 5.74) is 3.15. The first kappa shape index (κ1) is 16.2. The van der Waals surface area contributed by atoms with Crippen LogP contribution in [0.3, 0.4) is 0 Å². The monoisotopic (exact) mass is 315 g/mol. The van der Waals surface area contributed by atoms with Crippen LogP contribution in [-0.4, -0.2) is 11.7 Å². The van der Waals surface area contributed by atoms with Gasteiger partial charge in [-0.3, -0.25) is 9.59 Å². The van der Waals surface area contributed by atoms with E-state index < -0.39 is 0 Å². The molecule has 0 saturated heterocycles. The van der Waals surface area contributed by atoms with Crippen molar-refractivity contribution in [3.05, 3.63) is 64.2 Å². The number of aryl methyl sites for hydroxylation is 2. The van der Waals surface area contributed by atoms with E-state index in [4.69, 9.17) is 11.6 Å². The van der Waals surface area contributed by atoms with Gasteiger partial charge in [0.2, 0.25) is 5.91 Å². The number of carbonyl (C=O) groups is 2. The van der Waals surface area contributed by atoms with Gasteiger partial charge in [0.1, 0.15) is 0 Å². The Morgan fingerprint density at radius 3 is 2.55 bits per heavy atom. The van der Waals surface area contributed by atoms with Crippen LogP contribution in [0.15, 0.2) is 42.5 Å². The number of halogens is 1. The smallest absolute Gasteiger partial charge is 0.224 e. The number of rotatable bonds is 5. The number of hydrogen-bond acceptors (Lipinski definition) is 2. The molecular formula is C18H18ClNO2. The average Bonchev–Trinajstić information content (AvgIpc) is 2.48. The van der Waals surface area contributed by atoms with Crippen molar-refractivity contribution in [2.24, 2.45) is 0 Å². The predicted molar refractivity (Wildman–Crippen MR) is 89.6 cm³/mol. The van der Waals surface area contributed by atoms with E-state index >= 15 is 0 Å². The minimum atomic E-state index is -0.0938. The fourth-order valence-electron chi connectivity index (χ4n) is 2.14. The maximum Gasteiger partial charge on any atom is 0.224 e. The van der Waals surface area contributed by atoms with E-state index in [0.717, 1.165) is 11.1 Å². The molecule has 3 nitrogen and oxygen atoms in total. The van der Waals surface area contributed by atoms with Crippen LogP contribution in [0.4, 0.5) is 5.69 Å². The van der Waals surface area contributed by atoms with Crippen molar-refractivity contribution in [1.29, 1.82) is 0 Å². The van der Waals surface area contributed by atoms with Crippen LogP contribution in [0.5, 0.6) is 0 Å². The van der Waals surface area contributed by atoms with E-state index in [-0.39, 0.29) is 11.7 Å². The Morgan fingerprint density at radius 2 is 1.86 bits per heavy atom. The summed E-state index contributed by atoms with van der Waals surface area (Å²) in [5.74, 6) is -0.115. The van der Waals surface area contributed by atoms with Gasteiger partial charge in [0, 0.05) is 22.7 Å². The standard InChI is InChI=1S/C18H18ClNO2/c1-12-7-8-15(13(2)21)11-17(12)20-18(22)10-9-14-5-3-4-6-16(14)19/h3-8,11H,9-10H2,1-2H3,(H,20,22). The van der Waals surface area contributed by atoms with E-state index in [9.17, 15) is 9.59 Å². The molecule has 0 aliphatic heterocycles. The maximum atomic E-state index is 12.1. The van der Waals surface area contributed by atoms with Gasteiger partial charge in [0.25, 0.3) is 0 Å². The Labute approximate surface area is 135 Å². The van der Waals surface area contributed by atoms with Gasteiger partial charge >= 0.3 is 0 Å². The van der Waals surface area contributed by atoms with Crippen molar-refractivity contribution in [1.82, 2.24) is 0 Å². The Balaban J connectivity index is 2.02. The summed E-state index contributed by atoms with van der Waals surface area (Å²) in [5, 5.41) is 3.53. The van der Waals surface area contributed by atoms with Gasteiger partial charge in [-0.15, -0.1) is 0 Å². The first-order valence-corrected chi connectivity index (χ1v) is 7.50. The van der Waals surface area contributed by atoms with E-state index in [1.54, 1.807) is 12.1 Å². The van der Waals surface area contributed by atoms with E-state index in [2.05, 4.69) is 5.32 Å². The molecule has 4 heteroatoms. The summed E-state index contributed by atoms with van der Waals surface area (Å²) < 4.78 is 0. The third-order valence-electron chi connectivity index (χ3n) is 3.50. The van der Waals surface area contributed by atoms with Crippen LogP contribution in [0.2, 0.25) is 5.02 Å². The van der Waals surface area contributed by atoms with Crippen LogP contribution in [0.1, 0.15) is 34.8 Å². The summed E-state index contributed by atoms with van der Waals surface area (Å²) in [6.45, 7) is 3.40. The Morgan fingerprint density at radius 1 is 1.14 bits per heavy atom. The minimum absolute atomic E-state index is 0.0217. The summed E-state index contributed by atoms with van der Waals surface area (Å²) in [4.78, 5) is 23.5. The average molecular weight is 316 g/mol. The Kier molecular flexibility index (Phi) is 5.34. The van der Waals surface area contributed by atoms with Gasteiger partial charge < -0.3 is 5.32 Å². The second kappa shape index (κ2) is 7.23. The molecule has 22 heavy (non-hydrogen) atoms. The highest BCUT2D eigenvalue weighted by molar-refractivity contribution is 6.31. The molecule has 0 unspecified atom stereocenters. The number of carbonyl (C=O) groups excluding carboxylic acids is 2. The van der Waals surface area contributed by atoms with Crippen molar-refractivity contribution in [3.63, 3.8) is 0 Å². The zero-order chi connectivity index (χ0) is 16.1. The van der Waals surface area contributed by atoms with Crippen LogP contribution in [0.25, 0.3) is 0 Å². The molecular weight excluding hydrogens is 298 g/mol. The molecule has 0 spiro atoms. The highest BCUT2D eigenvalue weighted by Crippen LogP contribution is 2.19. The molecule has 0 radical (unpaired) electrons. The Bertz CT molecular complexity index is 710. The topological polar surface area (TPSA) is 46.2 Å². The van der Waals surface area contributed by atoms with Gasteiger partial charge in [-0.25, -0.2) is 0 Å². The second-order valence-electron chi connectivity index (χ2n) is 5.23. The van der Waals surface area contributed by atoms with E-state index in [0.29, 0.717) is 29.1 Å². The molecule has 114 valence electrons. The van der Waals surface area contributed by atoms with Gasteiger partial charge in [-0.05, 0) is 43.5 Å². The lowest BCUT2D eigenvalue weighted by Crippen LogP contribution is -2.13. The fraction of sp³-hybridized carbons (Fsp3) is 0.222. The summed E-state index contributed by atoms with van der Waals surface area (Å²) in [7, 11) is 0. The molecule has 0 atom stereocenters. The lowest BCUT2D eigenvalue weighted by molar-refractivity contribution is -0.116. The number of benzene rings is 2. The van der Waals surface area contributed by atoms with Crippen LogP contribution in [-0.2, 0) is 11.2 Å². The van der Waals surface area contributed by atoms with Crippen LogP contribution >= 0.6 is 11.6 Å². The van der Waals surface area contributed by atoms with Crippen molar-refractivity contribution in [3.8, 4) is 0 Å². The number of Topliss-reactive ketones (excluding diaryl/α,β-unsaturated/α-hetero) is 1. The molecule has 0 heterocycles. The molecule has 0 fully saturated rings. The van der Waals surface area contributed by atoms with E-state index in [1.165, 1.54) is 6.92 Å². The fourth-order valence-corrected chi connectivity index (χ4v) is 2.37. The number of hydrogen-bond donors (Lipinski definition) is 1. The highest BCUT2D eigenvalue weighted by atomic mass is 35.5. The molecule has 0 aliphatic carbocycles. The zero-order valence-electron chi connectivity index (χ0n) is 12.7. The normalized spacial score (nSPS) is 10.3. The molecule has 1 amide bonds. The molecule has 2 aromatic rings. The SMILES string of the molecule is CC(=O)c1ccc(C)c(NC(=O)CCc2ccccc2Cl)c1. The zero-order valence-corrected chi connectivity index (χ0v) is 13.4. The minimum Gasteiger partial charge on any atom is -0.326 e. The van der Waals surface area contributed by atoms with Gasteiger partial charge in [0.05, 0.1) is 0 Å². The molecule has 0 bridgehead atoms. The third-order valence-corrected chi connectivity index (χ3v) is 3.87. The molecule has 2 aromatic carbocycles. The van der Waals surface area contributed by atoms with Gasteiger partial charge in [0.15, 0.2) is 5.78 Å². The van der Waals surface area contributed by atoms with Crippen LogP contribution in [0, 0.1) is 6.92 Å². The van der Waals surface area contributed by atoms with Crippen molar-refractivity contribution in [2.75, 3.05) is 5.32 Å². The van der Waals surface area contributed by atoms with Crippen molar-refractivity contribution < 1.29 is 9.59 Å². The lowest BCUT2D eigenvalue weighted by Gasteiger charge is -2.10. The molecule has 2 rings (SSSR count). The predicted octanol–water partition coefficient (Wildman–Crippen LogP) is 4.42. The summed E-state index contributed by atoms with van der Waals surface area (Å²) >= 11 is 6.08. The molecule has 1 N–H and O–H groups in total. The first-order chi connectivity index (χ1) is 10.5. The maximum absolute atomic E-state index is 12.1. The Hall–Kier alpha value is -2.13. The number of amides is 1. The largest absolute Gasteiger partial charge is 0.326 e. The van der Waals surface area contributed by atoms with Gasteiger partial charge in [-0.2, -0.15) is 0 Å². The molecule has 0 aromatic heterocycles. The molecule has 0 aliphatic rings. The summed E-state index contributed by atoms with van der Waals surface area (Å²) in [6.07, 6.45) is 0.921. The second-order valence-corrected chi connectivity index (χ2v) is 5.63. The van der Waals surface area contributed by atoms with Crippen molar-refractivity contribution in [2.45, 2.75) is 26.7 Å². The number of anilines is 1. The number of ketones is 1. The quantitative estimate of drug-likeness (QED) is 0.830. The lowest BCUT2D eigenvalue weighted by atomic mass is 10.1. The molecule has 0 saturated carbocycles. The first-order valence-electron chi connectivity index (χ1n) is 7.12. The number of nitrogens with one attached hydrogen (secondary N) is 1. The van der Waals surface area contributed by atoms with E-state index in [1.807, 2.05) is 37.3 Å². The van der Waals surface area contributed by atoms with Crippen LogP contribution < -0.4 is 5.32 Å². The van der Waals surface area contributed by atoms with Gasteiger partial charge in [-0.1, -0.05) is 41.9 Å². The highest BCUT2D eigenvalue weighted by Gasteiger charge is 2.09. The van der Waals surface area contributed by atoms with Crippen molar-refractivity contribution >= 4 is 29.0 Å². The third kappa shape index (κ3) is 4.18.